The van der Waals surface area contributed by atoms with Gasteiger partial charge in [0.2, 0.25) is 0 Å². The zero-order chi connectivity index (χ0) is 44.3. The van der Waals surface area contributed by atoms with Crippen molar-refractivity contribution >= 4 is 72.2 Å². The normalized spacial score (nSPS) is 12.6. The first-order valence-corrected chi connectivity index (χ1v) is 24.6. The molecule has 4 aromatic carbocycles. The van der Waals surface area contributed by atoms with Crippen LogP contribution in [-0.4, -0.2) is 46.4 Å². The van der Waals surface area contributed by atoms with Crippen molar-refractivity contribution in [3.63, 3.8) is 0 Å². The molecule has 12 heteroatoms. The van der Waals surface area contributed by atoms with Gasteiger partial charge in [-0.15, -0.1) is 0 Å². The Bertz CT molecular complexity index is 2940. The SMILES string of the molecule is CCOP(=O)(OCC)c1cc2[nH]c1c(-c1ccccc1)c1nc(c(-c3ccccc3)c3[nH]c(cc3P(=O)(OCC)OCC)c(-c3ccccc3)c3nc(c2-c2ccccc2)C=C3)C=C1. The third-order valence-corrected chi connectivity index (χ3v) is 15.3. The smallest absolute Gasteiger partial charge is 0.354 e. The summed E-state index contributed by atoms with van der Waals surface area (Å²) in [5, 5.41) is 0.737. The van der Waals surface area contributed by atoms with Crippen molar-refractivity contribution in [2.75, 3.05) is 26.4 Å². The summed E-state index contributed by atoms with van der Waals surface area (Å²) in [4.78, 5) is 18.3. The van der Waals surface area contributed by atoms with E-state index in [2.05, 4.69) is 9.97 Å². The van der Waals surface area contributed by atoms with E-state index in [1.807, 2.05) is 185 Å². The summed E-state index contributed by atoms with van der Waals surface area (Å²) in [6.07, 6.45) is 7.90. The Labute approximate surface area is 372 Å². The van der Waals surface area contributed by atoms with Gasteiger partial charge >= 0.3 is 15.2 Å². The number of rotatable bonds is 14. The number of aromatic amines is 2. The summed E-state index contributed by atoms with van der Waals surface area (Å²) in [5.41, 5.74) is 11.2. The number of nitrogens with zero attached hydrogens (tertiary/aromatic N) is 2. The van der Waals surface area contributed by atoms with Crippen molar-refractivity contribution in [2.24, 2.45) is 0 Å². The fraction of sp³-hybridized carbons (Fsp3) is 0.154. The van der Waals surface area contributed by atoms with E-state index in [1.54, 1.807) is 0 Å². The molecule has 0 atom stereocenters. The van der Waals surface area contributed by atoms with Gasteiger partial charge < -0.3 is 28.1 Å². The van der Waals surface area contributed by atoms with Crippen molar-refractivity contribution in [3.05, 3.63) is 156 Å². The van der Waals surface area contributed by atoms with Crippen LogP contribution in [-0.2, 0) is 27.2 Å². The van der Waals surface area contributed by atoms with Crippen LogP contribution in [0.15, 0.2) is 133 Å². The molecule has 322 valence electrons. The summed E-state index contributed by atoms with van der Waals surface area (Å²) >= 11 is 0. The van der Waals surface area contributed by atoms with Gasteiger partial charge in [-0.2, -0.15) is 0 Å². The van der Waals surface area contributed by atoms with E-state index in [4.69, 9.17) is 28.1 Å². The first-order chi connectivity index (χ1) is 31.3. The maximum absolute atomic E-state index is 15.2. The molecule has 0 saturated carbocycles. The number of hydrogen-bond donors (Lipinski definition) is 2. The lowest BCUT2D eigenvalue weighted by atomic mass is 10.0. The second-order valence-corrected chi connectivity index (χ2v) is 18.9. The highest BCUT2D eigenvalue weighted by Crippen LogP contribution is 2.52. The summed E-state index contributed by atoms with van der Waals surface area (Å²) in [6.45, 7) is 7.84. The minimum absolute atomic E-state index is 0.154. The number of hydrogen-bond acceptors (Lipinski definition) is 8. The van der Waals surface area contributed by atoms with Gasteiger partial charge in [-0.25, -0.2) is 9.97 Å². The van der Waals surface area contributed by atoms with Crippen molar-refractivity contribution in [2.45, 2.75) is 27.7 Å². The quantitative estimate of drug-likeness (QED) is 0.103. The van der Waals surface area contributed by atoms with E-state index < -0.39 is 15.2 Å². The number of fused-ring (bicyclic) bond motifs is 8. The molecule has 3 aromatic heterocycles. The topological polar surface area (TPSA) is 128 Å². The predicted octanol–water partition coefficient (Wildman–Crippen LogP) is 13.1. The Morgan fingerprint density at radius 3 is 0.953 bits per heavy atom. The molecule has 8 bridgehead atoms. The van der Waals surface area contributed by atoms with Gasteiger partial charge in [-0.1, -0.05) is 121 Å². The summed E-state index contributed by atoms with van der Waals surface area (Å²) in [5.74, 6) is 0. The van der Waals surface area contributed by atoms with Crippen molar-refractivity contribution < 1.29 is 27.2 Å². The van der Waals surface area contributed by atoms with Crippen molar-refractivity contribution in [3.8, 4) is 44.5 Å². The van der Waals surface area contributed by atoms with Gasteiger partial charge in [-0.3, -0.25) is 9.13 Å². The molecular formula is C52H48N4O6P2. The van der Waals surface area contributed by atoms with Crippen LogP contribution in [0.5, 0.6) is 0 Å². The fourth-order valence-electron chi connectivity index (χ4n) is 8.43. The molecule has 5 heterocycles. The molecular weight excluding hydrogens is 839 g/mol. The molecule has 0 amide bonds. The first-order valence-electron chi connectivity index (χ1n) is 21.5. The Morgan fingerprint density at radius 2 is 0.672 bits per heavy atom. The summed E-state index contributed by atoms with van der Waals surface area (Å²) in [7, 11) is -7.94. The molecule has 2 aliphatic heterocycles. The molecule has 0 aliphatic carbocycles. The predicted molar refractivity (Wildman–Crippen MR) is 262 cm³/mol. The van der Waals surface area contributed by atoms with Crippen molar-refractivity contribution in [1.82, 2.24) is 19.9 Å². The molecule has 0 radical (unpaired) electrons. The Hall–Kier alpha value is -6.22. The fourth-order valence-corrected chi connectivity index (χ4v) is 11.9. The lowest BCUT2D eigenvalue weighted by Gasteiger charge is -2.17. The van der Waals surface area contributed by atoms with Crippen LogP contribution in [0.1, 0.15) is 50.5 Å². The molecule has 64 heavy (non-hydrogen) atoms. The number of benzene rings is 4. The third kappa shape index (κ3) is 8.10. The van der Waals surface area contributed by atoms with Crippen molar-refractivity contribution in [1.29, 1.82) is 0 Å². The lowest BCUT2D eigenvalue weighted by Crippen LogP contribution is -2.10. The van der Waals surface area contributed by atoms with E-state index in [9.17, 15) is 0 Å². The maximum Gasteiger partial charge on any atom is 0.363 e. The van der Waals surface area contributed by atoms with Gasteiger partial charge in [0, 0.05) is 33.3 Å². The van der Waals surface area contributed by atoms with Crippen LogP contribution < -0.4 is 10.6 Å². The monoisotopic (exact) mass is 886 g/mol. The maximum atomic E-state index is 15.2. The van der Waals surface area contributed by atoms with Gasteiger partial charge in [0.25, 0.3) is 0 Å². The third-order valence-electron chi connectivity index (χ3n) is 11.0. The Morgan fingerprint density at radius 1 is 0.406 bits per heavy atom. The van der Waals surface area contributed by atoms with Crippen LogP contribution >= 0.6 is 15.2 Å². The standard InChI is InChI=1S/C52H48N4O6P2/c1-5-59-63(57,60-6-2)45-33-43-47(35-21-13-9-14-22-35)39-29-30-40(53-39)48(36-23-15-10-16-24-36)44-34-46(64(58,61-7-3)62-8-4)52(56-44)50(38-27-19-12-20-28-38)42-32-31-41(54-42)49(51(45)55-43)37-25-17-11-18-26-37/h9-34,55-56H,5-8H2,1-4H3. The second kappa shape index (κ2) is 18.5. The highest BCUT2D eigenvalue weighted by atomic mass is 31.2. The van der Waals surface area contributed by atoms with E-state index >= 15 is 9.13 Å². The molecule has 0 spiro atoms. The summed E-state index contributed by atoms with van der Waals surface area (Å²) < 4.78 is 55.0. The van der Waals surface area contributed by atoms with Crippen LogP contribution in [0, 0.1) is 0 Å². The average molecular weight is 887 g/mol. The first kappa shape index (κ1) is 43.1. The molecule has 0 fully saturated rings. The van der Waals surface area contributed by atoms with Crippen LogP contribution in [0.3, 0.4) is 0 Å². The Balaban J connectivity index is 1.59. The molecule has 2 aliphatic rings. The van der Waals surface area contributed by atoms with Gasteiger partial charge in [0.1, 0.15) is 0 Å². The molecule has 9 rings (SSSR count). The average Bonchev–Trinajstić information content (AvgIpc) is 4.15. The van der Waals surface area contributed by atoms with E-state index in [0.29, 0.717) is 66.6 Å². The molecule has 2 N–H and O–H groups in total. The van der Waals surface area contributed by atoms with Crippen LogP contribution in [0.4, 0.5) is 0 Å². The molecule has 10 nitrogen and oxygen atoms in total. The number of nitrogens with one attached hydrogen (secondary N) is 2. The van der Waals surface area contributed by atoms with Gasteiger partial charge in [-0.05, 0) is 86.4 Å². The highest BCUT2D eigenvalue weighted by molar-refractivity contribution is 7.63. The highest BCUT2D eigenvalue weighted by Gasteiger charge is 2.34. The van der Waals surface area contributed by atoms with Gasteiger partial charge in [0.05, 0.1) is 70.8 Å². The zero-order valence-corrected chi connectivity index (χ0v) is 37.9. The van der Waals surface area contributed by atoms with Crippen LogP contribution in [0.2, 0.25) is 0 Å². The van der Waals surface area contributed by atoms with E-state index in [-0.39, 0.29) is 26.4 Å². The largest absolute Gasteiger partial charge is 0.363 e. The molecule has 0 saturated heterocycles. The molecule has 0 unspecified atom stereocenters. The zero-order valence-electron chi connectivity index (χ0n) is 36.1. The Kier molecular flexibility index (Phi) is 12.4. The number of H-pyrrole nitrogens is 2. The minimum Gasteiger partial charge on any atom is -0.354 e. The minimum atomic E-state index is -3.97. The second-order valence-electron chi connectivity index (χ2n) is 14.9. The van der Waals surface area contributed by atoms with Crippen LogP contribution in [0.25, 0.3) is 90.9 Å². The van der Waals surface area contributed by atoms with Gasteiger partial charge in [0.15, 0.2) is 0 Å². The van der Waals surface area contributed by atoms with E-state index in [1.165, 1.54) is 0 Å². The van der Waals surface area contributed by atoms with E-state index in [0.717, 1.165) is 33.4 Å². The molecule has 7 aromatic rings. The number of aromatic nitrogens is 4. The lowest BCUT2D eigenvalue weighted by molar-refractivity contribution is 0.229. The summed E-state index contributed by atoms with van der Waals surface area (Å²) in [6, 6.07) is 43.6.